The number of thiophene rings is 1. The van der Waals surface area contributed by atoms with Gasteiger partial charge in [0.15, 0.2) is 0 Å². The van der Waals surface area contributed by atoms with E-state index in [4.69, 9.17) is 5.73 Å². The van der Waals surface area contributed by atoms with Gasteiger partial charge in [-0.3, -0.25) is 4.79 Å². The molecule has 1 aromatic carbocycles. The van der Waals surface area contributed by atoms with E-state index in [2.05, 4.69) is 24.1 Å². The first-order chi connectivity index (χ1) is 10.0. The molecule has 0 spiro atoms. The zero-order valence-electron chi connectivity index (χ0n) is 12.8. The maximum absolute atomic E-state index is 12.3. The van der Waals surface area contributed by atoms with Crippen molar-refractivity contribution in [1.82, 2.24) is 10.2 Å². The van der Waals surface area contributed by atoms with Crippen LogP contribution in [0.1, 0.15) is 30.4 Å². The number of nitrogen functional groups attached to an aromatic ring is 1. The Balaban J connectivity index is 2.04. The second-order valence-corrected chi connectivity index (χ2v) is 6.35. The number of amides is 1. The first-order valence-corrected chi connectivity index (χ1v) is 8.17. The van der Waals surface area contributed by atoms with Gasteiger partial charge in [-0.15, -0.1) is 11.3 Å². The molecular weight excluding hydrogens is 282 g/mol. The lowest BCUT2D eigenvalue weighted by Crippen LogP contribution is -2.41. The summed E-state index contributed by atoms with van der Waals surface area (Å²) in [7, 11) is 0. The van der Waals surface area contributed by atoms with Crippen LogP contribution in [0, 0.1) is 0 Å². The van der Waals surface area contributed by atoms with Gasteiger partial charge in [-0.05, 0) is 49.7 Å². The first kappa shape index (κ1) is 15.8. The van der Waals surface area contributed by atoms with Gasteiger partial charge >= 0.3 is 0 Å². The van der Waals surface area contributed by atoms with Gasteiger partial charge in [0.1, 0.15) is 0 Å². The molecule has 5 heteroatoms. The molecule has 0 bridgehead atoms. The standard InChI is InChI=1S/C16H23N3OS/c1-4-19(5-2)10-11(3)18-16(20)15-9-12-8-13(17)6-7-14(12)21-15/h6-9,11H,4-5,10,17H2,1-3H3,(H,18,20). The molecular formula is C16H23N3OS. The van der Waals surface area contributed by atoms with Crippen molar-refractivity contribution < 1.29 is 4.79 Å². The van der Waals surface area contributed by atoms with Crippen molar-refractivity contribution in [2.24, 2.45) is 0 Å². The molecule has 0 aliphatic heterocycles. The molecule has 21 heavy (non-hydrogen) atoms. The van der Waals surface area contributed by atoms with Gasteiger partial charge in [0.2, 0.25) is 0 Å². The van der Waals surface area contributed by atoms with Crippen molar-refractivity contribution in [3.63, 3.8) is 0 Å². The van der Waals surface area contributed by atoms with Crippen molar-refractivity contribution >= 4 is 33.0 Å². The minimum Gasteiger partial charge on any atom is -0.399 e. The molecule has 0 aliphatic carbocycles. The largest absolute Gasteiger partial charge is 0.399 e. The van der Waals surface area contributed by atoms with Crippen molar-refractivity contribution in [1.29, 1.82) is 0 Å². The Morgan fingerprint density at radius 3 is 2.71 bits per heavy atom. The molecule has 0 saturated heterocycles. The van der Waals surface area contributed by atoms with Crippen LogP contribution in [0.25, 0.3) is 10.1 Å². The fourth-order valence-electron chi connectivity index (χ4n) is 2.38. The van der Waals surface area contributed by atoms with Crippen LogP contribution >= 0.6 is 11.3 Å². The lowest BCUT2D eigenvalue weighted by molar-refractivity contribution is 0.0934. The Labute approximate surface area is 129 Å². The monoisotopic (exact) mass is 305 g/mol. The molecule has 0 radical (unpaired) electrons. The number of anilines is 1. The molecule has 3 N–H and O–H groups in total. The molecule has 114 valence electrons. The number of hydrogen-bond donors (Lipinski definition) is 2. The van der Waals surface area contributed by atoms with Crippen LogP contribution in [0.15, 0.2) is 24.3 Å². The summed E-state index contributed by atoms with van der Waals surface area (Å²) >= 11 is 1.51. The van der Waals surface area contributed by atoms with Crippen molar-refractivity contribution in [3.05, 3.63) is 29.1 Å². The van der Waals surface area contributed by atoms with E-state index in [9.17, 15) is 4.79 Å². The van der Waals surface area contributed by atoms with Crippen LogP contribution < -0.4 is 11.1 Å². The molecule has 2 aromatic rings. The van der Waals surface area contributed by atoms with Gasteiger partial charge in [0.05, 0.1) is 4.88 Å². The summed E-state index contributed by atoms with van der Waals surface area (Å²) in [5, 5.41) is 4.10. The Hall–Kier alpha value is -1.59. The zero-order valence-corrected chi connectivity index (χ0v) is 13.7. The van der Waals surface area contributed by atoms with Gasteiger partial charge in [-0.1, -0.05) is 13.8 Å². The maximum atomic E-state index is 12.3. The predicted octanol–water partition coefficient (Wildman–Crippen LogP) is 2.94. The van der Waals surface area contributed by atoms with Crippen LogP contribution in [-0.2, 0) is 0 Å². The quantitative estimate of drug-likeness (QED) is 0.807. The summed E-state index contributed by atoms with van der Waals surface area (Å²) in [4.78, 5) is 15.4. The molecule has 1 aromatic heterocycles. The summed E-state index contributed by atoms with van der Waals surface area (Å²) in [6.45, 7) is 9.18. The Morgan fingerprint density at radius 1 is 1.33 bits per heavy atom. The summed E-state index contributed by atoms with van der Waals surface area (Å²) in [6, 6.07) is 7.78. The highest BCUT2D eigenvalue weighted by atomic mass is 32.1. The minimum absolute atomic E-state index is 0.00516. The Morgan fingerprint density at radius 2 is 2.05 bits per heavy atom. The van der Waals surface area contributed by atoms with E-state index in [0.29, 0.717) is 0 Å². The number of likely N-dealkylation sites (N-methyl/N-ethyl adjacent to an activating group) is 1. The SMILES string of the molecule is CCN(CC)CC(C)NC(=O)c1cc2cc(N)ccc2s1. The van der Waals surface area contributed by atoms with E-state index < -0.39 is 0 Å². The third kappa shape index (κ3) is 3.95. The molecule has 1 unspecified atom stereocenters. The van der Waals surface area contributed by atoms with Gasteiger partial charge < -0.3 is 16.0 Å². The second kappa shape index (κ2) is 6.91. The number of nitrogens with zero attached hydrogens (tertiary/aromatic N) is 1. The maximum Gasteiger partial charge on any atom is 0.261 e. The predicted molar refractivity (Wildman–Crippen MR) is 91.0 cm³/mol. The van der Waals surface area contributed by atoms with Gasteiger partial charge in [-0.2, -0.15) is 0 Å². The lowest BCUT2D eigenvalue weighted by Gasteiger charge is -2.23. The number of hydrogen-bond acceptors (Lipinski definition) is 4. The molecule has 4 nitrogen and oxygen atoms in total. The van der Waals surface area contributed by atoms with Crippen molar-refractivity contribution in [2.75, 3.05) is 25.4 Å². The Bertz CT molecular complexity index is 619. The summed E-state index contributed by atoms with van der Waals surface area (Å²) in [5.41, 5.74) is 6.50. The normalized spacial score (nSPS) is 12.8. The molecule has 0 fully saturated rings. The highest BCUT2D eigenvalue weighted by Gasteiger charge is 2.14. The van der Waals surface area contributed by atoms with Gasteiger partial charge in [0.25, 0.3) is 5.91 Å². The summed E-state index contributed by atoms with van der Waals surface area (Å²) in [5.74, 6) is -0.00516. The van der Waals surface area contributed by atoms with E-state index in [1.54, 1.807) is 0 Å². The summed E-state index contributed by atoms with van der Waals surface area (Å²) < 4.78 is 1.09. The lowest BCUT2D eigenvalue weighted by atomic mass is 10.2. The molecule has 1 heterocycles. The summed E-state index contributed by atoms with van der Waals surface area (Å²) in [6.07, 6.45) is 0. The topological polar surface area (TPSA) is 58.4 Å². The minimum atomic E-state index is -0.00516. The fraction of sp³-hybridized carbons (Fsp3) is 0.438. The molecule has 1 atom stereocenters. The average molecular weight is 305 g/mol. The van der Waals surface area contributed by atoms with Gasteiger partial charge in [0, 0.05) is 23.0 Å². The van der Waals surface area contributed by atoms with Crippen LogP contribution in [0.5, 0.6) is 0 Å². The van der Waals surface area contributed by atoms with Crippen LogP contribution in [0.3, 0.4) is 0 Å². The number of carbonyl (C=O) groups excluding carboxylic acids is 1. The van der Waals surface area contributed by atoms with E-state index in [1.807, 2.05) is 31.2 Å². The van der Waals surface area contributed by atoms with E-state index in [1.165, 1.54) is 11.3 Å². The smallest absolute Gasteiger partial charge is 0.261 e. The van der Waals surface area contributed by atoms with Crippen molar-refractivity contribution in [2.45, 2.75) is 26.8 Å². The highest BCUT2D eigenvalue weighted by molar-refractivity contribution is 7.20. The number of nitrogens with two attached hydrogens (primary N) is 1. The van der Waals surface area contributed by atoms with E-state index >= 15 is 0 Å². The molecule has 0 saturated carbocycles. The van der Waals surface area contributed by atoms with Crippen LogP contribution in [0.4, 0.5) is 5.69 Å². The molecule has 2 rings (SSSR count). The zero-order chi connectivity index (χ0) is 15.4. The van der Waals surface area contributed by atoms with Crippen molar-refractivity contribution in [3.8, 4) is 0 Å². The number of fused-ring (bicyclic) bond motifs is 1. The molecule has 0 aliphatic rings. The number of nitrogens with one attached hydrogen (secondary N) is 1. The average Bonchev–Trinajstić information content (AvgIpc) is 2.87. The third-order valence-electron chi connectivity index (χ3n) is 3.57. The highest BCUT2D eigenvalue weighted by Crippen LogP contribution is 2.27. The fourth-order valence-corrected chi connectivity index (χ4v) is 3.33. The van der Waals surface area contributed by atoms with Crippen LogP contribution in [-0.4, -0.2) is 36.5 Å². The van der Waals surface area contributed by atoms with E-state index in [0.717, 1.165) is 40.3 Å². The Kier molecular flexibility index (Phi) is 5.20. The second-order valence-electron chi connectivity index (χ2n) is 5.27. The third-order valence-corrected chi connectivity index (χ3v) is 4.68. The van der Waals surface area contributed by atoms with Gasteiger partial charge in [-0.25, -0.2) is 0 Å². The van der Waals surface area contributed by atoms with E-state index in [-0.39, 0.29) is 11.9 Å². The number of carbonyl (C=O) groups is 1. The number of rotatable bonds is 6. The number of benzene rings is 1. The van der Waals surface area contributed by atoms with Crippen LogP contribution in [0.2, 0.25) is 0 Å². The first-order valence-electron chi connectivity index (χ1n) is 7.35. The molecule has 1 amide bonds.